The number of carbonyl (C=O) groups excluding carboxylic acids is 1. The van der Waals surface area contributed by atoms with Crippen molar-refractivity contribution in [1.82, 2.24) is 19.6 Å². The van der Waals surface area contributed by atoms with Crippen molar-refractivity contribution in [2.24, 2.45) is 0 Å². The first-order valence-electron chi connectivity index (χ1n) is 9.23. The summed E-state index contributed by atoms with van der Waals surface area (Å²) < 4.78 is 21.1. The minimum Gasteiger partial charge on any atom is -0.475 e. The van der Waals surface area contributed by atoms with E-state index in [-0.39, 0.29) is 30.4 Å². The highest BCUT2D eigenvalue weighted by molar-refractivity contribution is 6.31. The molecule has 3 rings (SSSR count). The Morgan fingerprint density at radius 3 is 2.71 bits per heavy atom. The number of nitro groups is 1. The Hall–Kier alpha value is -3.47. The summed E-state index contributed by atoms with van der Waals surface area (Å²) in [6, 6.07) is 4.15. The maximum absolute atomic E-state index is 13.3. The molecule has 0 saturated heterocycles. The number of methoxy groups -OCH3 is 1. The van der Waals surface area contributed by atoms with Crippen LogP contribution < -0.4 is 10.1 Å². The summed E-state index contributed by atoms with van der Waals surface area (Å²) in [5.41, 5.74) is 2.31. The number of benzene rings is 1. The fourth-order valence-corrected chi connectivity index (χ4v) is 3.27. The van der Waals surface area contributed by atoms with Gasteiger partial charge >= 0.3 is 11.6 Å². The second kappa shape index (κ2) is 9.13. The molecule has 0 bridgehead atoms. The topological polar surface area (TPSA) is 117 Å². The molecule has 2 aromatic heterocycles. The molecule has 0 aliphatic heterocycles. The van der Waals surface area contributed by atoms with E-state index in [4.69, 9.17) is 16.3 Å². The molecule has 164 valence electrons. The van der Waals surface area contributed by atoms with Gasteiger partial charge < -0.3 is 10.1 Å². The molecule has 2 heterocycles. The summed E-state index contributed by atoms with van der Waals surface area (Å²) in [6.07, 6.45) is 1.25. The molecule has 0 fully saturated rings. The Morgan fingerprint density at radius 1 is 1.35 bits per heavy atom. The first-order valence-corrected chi connectivity index (χ1v) is 9.61. The van der Waals surface area contributed by atoms with E-state index in [1.54, 1.807) is 24.6 Å². The van der Waals surface area contributed by atoms with Crippen molar-refractivity contribution in [2.45, 2.75) is 33.4 Å². The molecule has 0 radical (unpaired) electrons. The number of nitrogens with one attached hydrogen (secondary N) is 1. The SMILES string of the molecule is COc1nn(CCC(=O)Nc2c(C)nn(Cc3ccc(F)cc3Cl)c2C)cc1[N+](=O)[O-]. The van der Waals surface area contributed by atoms with Gasteiger partial charge in [-0.3, -0.25) is 24.3 Å². The quantitative estimate of drug-likeness (QED) is 0.414. The van der Waals surface area contributed by atoms with E-state index in [9.17, 15) is 19.3 Å². The monoisotopic (exact) mass is 450 g/mol. The van der Waals surface area contributed by atoms with Crippen LogP contribution in [0.4, 0.5) is 15.8 Å². The summed E-state index contributed by atoms with van der Waals surface area (Å²) in [4.78, 5) is 22.8. The Kier molecular flexibility index (Phi) is 6.54. The normalized spacial score (nSPS) is 10.9. The predicted molar refractivity (Wildman–Crippen MR) is 111 cm³/mol. The lowest BCUT2D eigenvalue weighted by Gasteiger charge is -2.08. The number of nitrogens with zero attached hydrogens (tertiary/aromatic N) is 5. The third-order valence-corrected chi connectivity index (χ3v) is 5.00. The minimum absolute atomic E-state index is 0.0375. The predicted octanol–water partition coefficient (Wildman–Crippen LogP) is 3.48. The molecule has 0 unspecified atom stereocenters. The Labute approximate surface area is 181 Å². The van der Waals surface area contributed by atoms with Crippen LogP contribution in [0.2, 0.25) is 5.02 Å². The van der Waals surface area contributed by atoms with Gasteiger partial charge in [0.1, 0.15) is 12.0 Å². The first kappa shape index (κ1) is 22.2. The summed E-state index contributed by atoms with van der Waals surface area (Å²) in [5.74, 6) is -0.837. The molecule has 31 heavy (non-hydrogen) atoms. The number of amides is 1. The fraction of sp³-hybridized carbons (Fsp3) is 0.316. The van der Waals surface area contributed by atoms with Crippen molar-refractivity contribution >= 4 is 28.9 Å². The zero-order chi connectivity index (χ0) is 22.7. The van der Waals surface area contributed by atoms with Crippen LogP contribution in [0.25, 0.3) is 0 Å². The van der Waals surface area contributed by atoms with Crippen molar-refractivity contribution < 1.29 is 18.8 Å². The van der Waals surface area contributed by atoms with E-state index < -0.39 is 10.7 Å². The van der Waals surface area contributed by atoms with Crippen LogP contribution in [0, 0.1) is 29.8 Å². The lowest BCUT2D eigenvalue weighted by Crippen LogP contribution is -2.16. The Morgan fingerprint density at radius 2 is 2.10 bits per heavy atom. The third kappa shape index (κ3) is 5.00. The van der Waals surface area contributed by atoms with Crippen LogP contribution in [0.5, 0.6) is 5.88 Å². The first-order chi connectivity index (χ1) is 14.7. The highest BCUT2D eigenvalue weighted by Gasteiger charge is 2.21. The Bertz CT molecular complexity index is 1140. The highest BCUT2D eigenvalue weighted by atomic mass is 35.5. The number of hydrogen-bond acceptors (Lipinski definition) is 6. The Balaban J connectivity index is 1.67. The van der Waals surface area contributed by atoms with E-state index in [0.717, 1.165) is 0 Å². The van der Waals surface area contributed by atoms with Gasteiger partial charge in [-0.1, -0.05) is 17.7 Å². The number of carbonyl (C=O) groups is 1. The average Bonchev–Trinajstić information content (AvgIpc) is 3.25. The molecule has 3 aromatic rings. The largest absolute Gasteiger partial charge is 0.475 e. The van der Waals surface area contributed by atoms with Crippen LogP contribution in [0.15, 0.2) is 24.4 Å². The van der Waals surface area contributed by atoms with E-state index in [0.29, 0.717) is 34.2 Å². The molecule has 1 N–H and O–H groups in total. The maximum atomic E-state index is 13.3. The number of aromatic nitrogens is 4. The second-order valence-corrected chi connectivity index (χ2v) is 7.19. The third-order valence-electron chi connectivity index (χ3n) is 4.65. The standard InChI is InChI=1S/C19H20ClFN6O4/c1-11-18(12(2)26(23-11)9-13-4-5-14(21)8-15(13)20)22-17(28)6-7-25-10-16(27(29)30)19(24-25)31-3/h4-5,8,10H,6-7,9H2,1-3H3,(H,22,28). The van der Waals surface area contributed by atoms with Gasteiger partial charge in [-0.05, 0) is 31.5 Å². The molecule has 0 saturated carbocycles. The molecule has 1 aromatic carbocycles. The summed E-state index contributed by atoms with van der Waals surface area (Å²) in [5, 5.41) is 22.5. The van der Waals surface area contributed by atoms with Gasteiger partial charge in [0, 0.05) is 11.4 Å². The maximum Gasteiger partial charge on any atom is 0.350 e. The molecule has 0 aliphatic carbocycles. The molecule has 0 aliphatic rings. The highest BCUT2D eigenvalue weighted by Crippen LogP contribution is 2.25. The second-order valence-electron chi connectivity index (χ2n) is 6.78. The van der Waals surface area contributed by atoms with E-state index >= 15 is 0 Å². The zero-order valence-corrected chi connectivity index (χ0v) is 17.8. The van der Waals surface area contributed by atoms with E-state index in [1.807, 2.05) is 0 Å². The average molecular weight is 451 g/mol. The van der Waals surface area contributed by atoms with E-state index in [2.05, 4.69) is 15.5 Å². The van der Waals surface area contributed by atoms with E-state index in [1.165, 1.54) is 30.1 Å². The molecular weight excluding hydrogens is 431 g/mol. The zero-order valence-electron chi connectivity index (χ0n) is 17.1. The molecule has 12 heteroatoms. The smallest absolute Gasteiger partial charge is 0.350 e. The molecule has 0 atom stereocenters. The van der Waals surface area contributed by atoms with Crippen LogP contribution in [-0.2, 0) is 17.9 Å². The lowest BCUT2D eigenvalue weighted by molar-refractivity contribution is -0.385. The van der Waals surface area contributed by atoms with Gasteiger partial charge in [0.25, 0.3) is 0 Å². The van der Waals surface area contributed by atoms with Gasteiger partial charge in [0.2, 0.25) is 5.91 Å². The van der Waals surface area contributed by atoms with Gasteiger partial charge in [0.05, 0.1) is 42.2 Å². The van der Waals surface area contributed by atoms with Gasteiger partial charge in [-0.15, -0.1) is 5.10 Å². The minimum atomic E-state index is -0.600. The van der Waals surface area contributed by atoms with Crippen LogP contribution in [-0.4, -0.2) is 37.5 Å². The number of halogens is 2. The summed E-state index contributed by atoms with van der Waals surface area (Å²) >= 11 is 6.09. The summed E-state index contributed by atoms with van der Waals surface area (Å²) in [7, 11) is 1.29. The summed E-state index contributed by atoms with van der Waals surface area (Å²) in [6.45, 7) is 4.01. The number of hydrogen-bond donors (Lipinski definition) is 1. The van der Waals surface area contributed by atoms with Crippen molar-refractivity contribution in [3.05, 3.63) is 62.3 Å². The van der Waals surface area contributed by atoms with Crippen LogP contribution in [0.3, 0.4) is 0 Å². The molecular formula is C19H20ClFN6O4. The van der Waals surface area contributed by atoms with Crippen molar-refractivity contribution in [3.63, 3.8) is 0 Å². The van der Waals surface area contributed by atoms with Gasteiger partial charge in [-0.2, -0.15) is 5.10 Å². The van der Waals surface area contributed by atoms with Crippen molar-refractivity contribution in [1.29, 1.82) is 0 Å². The molecule has 1 amide bonds. The number of rotatable bonds is 8. The molecule has 10 nitrogen and oxygen atoms in total. The van der Waals surface area contributed by atoms with Crippen molar-refractivity contribution in [2.75, 3.05) is 12.4 Å². The van der Waals surface area contributed by atoms with Crippen LogP contribution in [0.1, 0.15) is 23.4 Å². The van der Waals surface area contributed by atoms with Gasteiger partial charge in [0.15, 0.2) is 0 Å². The van der Waals surface area contributed by atoms with Crippen LogP contribution >= 0.6 is 11.6 Å². The lowest BCUT2D eigenvalue weighted by atomic mass is 10.2. The molecule has 0 spiro atoms. The fourth-order valence-electron chi connectivity index (χ4n) is 3.04. The van der Waals surface area contributed by atoms with Gasteiger partial charge in [-0.25, -0.2) is 4.39 Å². The number of aryl methyl sites for hydroxylation is 2. The number of anilines is 1. The van der Waals surface area contributed by atoms with Crippen molar-refractivity contribution in [3.8, 4) is 5.88 Å². The number of ether oxygens (including phenoxy) is 1.